The van der Waals surface area contributed by atoms with Crippen molar-refractivity contribution < 1.29 is 26.3 Å². The second-order valence-corrected chi connectivity index (χ2v) is 7.15. The first kappa shape index (κ1) is 21.6. The van der Waals surface area contributed by atoms with Crippen molar-refractivity contribution in [1.29, 1.82) is 0 Å². The average molecular weight is 441 g/mol. The number of hydrogen-bond acceptors (Lipinski definition) is 3. The van der Waals surface area contributed by atoms with E-state index in [2.05, 4.69) is 9.83 Å². The second kappa shape index (κ2) is 8.36. The summed E-state index contributed by atoms with van der Waals surface area (Å²) >= 11 is 1.23. The van der Waals surface area contributed by atoms with E-state index in [0.717, 1.165) is 22.6 Å². The monoisotopic (exact) mass is 441 g/mol. The summed E-state index contributed by atoms with van der Waals surface area (Å²) in [5.74, 6) is 0. The minimum atomic E-state index is -4.86. The molecule has 0 atom stereocenters. The van der Waals surface area contributed by atoms with Crippen molar-refractivity contribution in [2.24, 2.45) is 0 Å². The molecule has 30 heavy (non-hydrogen) atoms. The highest BCUT2D eigenvalue weighted by atomic mass is 32.1. The zero-order valence-electron chi connectivity index (χ0n) is 15.1. The third-order valence-corrected chi connectivity index (χ3v) is 5.01. The second-order valence-electron chi connectivity index (χ2n) is 6.29. The van der Waals surface area contributed by atoms with Crippen LogP contribution in [0, 0.1) is 6.57 Å². The predicted molar refractivity (Wildman–Crippen MR) is 102 cm³/mol. The van der Waals surface area contributed by atoms with Crippen molar-refractivity contribution in [1.82, 2.24) is 4.98 Å². The highest BCUT2D eigenvalue weighted by molar-refractivity contribution is 7.13. The maximum Gasteiger partial charge on any atom is 0.407 e. The summed E-state index contributed by atoms with van der Waals surface area (Å²) in [6.07, 6.45) is -9.50. The number of halogens is 6. The van der Waals surface area contributed by atoms with E-state index >= 15 is 0 Å². The first-order chi connectivity index (χ1) is 14.1. The third-order valence-electron chi connectivity index (χ3n) is 4.07. The Morgan fingerprint density at radius 3 is 2.30 bits per heavy atom. The van der Waals surface area contributed by atoms with Gasteiger partial charge < -0.3 is 4.90 Å². The lowest BCUT2D eigenvalue weighted by Crippen LogP contribution is -2.34. The molecule has 0 bridgehead atoms. The summed E-state index contributed by atoms with van der Waals surface area (Å²) in [5, 5.41) is 2.17. The molecule has 2 aromatic carbocycles. The van der Waals surface area contributed by atoms with Crippen molar-refractivity contribution >= 4 is 22.7 Å². The van der Waals surface area contributed by atoms with E-state index in [0.29, 0.717) is 16.8 Å². The van der Waals surface area contributed by atoms with Crippen molar-refractivity contribution in [2.45, 2.75) is 18.9 Å². The van der Waals surface area contributed by atoms with Crippen LogP contribution in [0.1, 0.15) is 11.3 Å². The van der Waals surface area contributed by atoms with Gasteiger partial charge in [0.25, 0.3) is 0 Å². The SMILES string of the molecule is [C-]#[N+]c1ccc(N(Cc2csc(-c3ccccc3)n2)CC(F)(F)F)cc1C(F)(F)F. The van der Waals surface area contributed by atoms with E-state index in [1.807, 2.05) is 6.07 Å². The average Bonchev–Trinajstić information content (AvgIpc) is 3.14. The summed E-state index contributed by atoms with van der Waals surface area (Å²) in [6, 6.07) is 11.5. The van der Waals surface area contributed by atoms with E-state index in [1.54, 1.807) is 29.6 Å². The fourth-order valence-corrected chi connectivity index (χ4v) is 3.61. The van der Waals surface area contributed by atoms with Crippen LogP contribution in [0.15, 0.2) is 53.9 Å². The fraction of sp³-hybridized carbons (Fsp3) is 0.200. The molecule has 1 aromatic heterocycles. The number of hydrogen-bond donors (Lipinski definition) is 0. The van der Waals surface area contributed by atoms with Crippen LogP contribution in [-0.4, -0.2) is 17.7 Å². The molecule has 0 saturated heterocycles. The first-order valence-corrected chi connectivity index (χ1v) is 9.35. The van der Waals surface area contributed by atoms with Gasteiger partial charge in [-0.25, -0.2) is 9.83 Å². The smallest absolute Gasteiger partial charge is 0.357 e. The Kier molecular flexibility index (Phi) is 6.03. The molecule has 0 fully saturated rings. The minimum Gasteiger partial charge on any atom is -0.357 e. The van der Waals surface area contributed by atoms with Gasteiger partial charge in [-0.2, -0.15) is 26.3 Å². The predicted octanol–water partition coefficient (Wildman–Crippen LogP) is 6.95. The van der Waals surface area contributed by atoms with Crippen molar-refractivity contribution in [2.75, 3.05) is 11.4 Å². The van der Waals surface area contributed by atoms with Crippen LogP contribution in [0.3, 0.4) is 0 Å². The van der Waals surface area contributed by atoms with Crippen LogP contribution in [0.2, 0.25) is 0 Å². The quantitative estimate of drug-likeness (QED) is 0.316. The van der Waals surface area contributed by atoms with Gasteiger partial charge in [-0.1, -0.05) is 36.4 Å². The maximum absolute atomic E-state index is 13.2. The van der Waals surface area contributed by atoms with Crippen LogP contribution in [0.25, 0.3) is 15.4 Å². The molecule has 0 spiro atoms. The Balaban J connectivity index is 1.95. The Morgan fingerprint density at radius 2 is 1.70 bits per heavy atom. The number of alkyl halides is 6. The zero-order chi connectivity index (χ0) is 21.9. The Bertz CT molecular complexity index is 1050. The third kappa shape index (κ3) is 5.30. The molecule has 0 aliphatic rings. The molecule has 0 aliphatic carbocycles. The maximum atomic E-state index is 13.2. The number of nitrogens with zero attached hydrogens (tertiary/aromatic N) is 3. The molecule has 0 radical (unpaired) electrons. The van der Waals surface area contributed by atoms with Gasteiger partial charge in [0, 0.05) is 16.6 Å². The van der Waals surface area contributed by atoms with E-state index in [1.165, 1.54) is 11.3 Å². The van der Waals surface area contributed by atoms with Crippen LogP contribution in [0.4, 0.5) is 37.7 Å². The molecule has 0 unspecified atom stereocenters. The van der Waals surface area contributed by atoms with E-state index in [4.69, 9.17) is 6.57 Å². The summed E-state index contributed by atoms with van der Waals surface area (Å²) < 4.78 is 79.1. The van der Waals surface area contributed by atoms with Crippen LogP contribution >= 0.6 is 11.3 Å². The van der Waals surface area contributed by atoms with Gasteiger partial charge >= 0.3 is 12.4 Å². The lowest BCUT2D eigenvalue weighted by Gasteiger charge is -2.26. The van der Waals surface area contributed by atoms with Gasteiger partial charge in [-0.05, 0) is 12.1 Å². The van der Waals surface area contributed by atoms with Gasteiger partial charge in [-0.3, -0.25) is 0 Å². The van der Waals surface area contributed by atoms with Crippen molar-refractivity contribution in [3.05, 3.63) is 76.6 Å². The fourth-order valence-electron chi connectivity index (χ4n) is 2.79. The Labute approximate surface area is 172 Å². The van der Waals surface area contributed by atoms with Crippen molar-refractivity contribution in [3.8, 4) is 10.6 Å². The molecule has 3 aromatic rings. The van der Waals surface area contributed by atoms with E-state index in [9.17, 15) is 26.3 Å². The van der Waals surface area contributed by atoms with Crippen molar-refractivity contribution in [3.63, 3.8) is 0 Å². The Morgan fingerprint density at radius 1 is 1.00 bits per heavy atom. The van der Waals surface area contributed by atoms with Crippen LogP contribution in [-0.2, 0) is 12.7 Å². The molecule has 3 nitrogen and oxygen atoms in total. The minimum absolute atomic E-state index is 0.290. The molecule has 156 valence electrons. The molecule has 0 N–H and O–H groups in total. The molecule has 10 heteroatoms. The standard InChI is InChI=1S/C20H13F6N3S/c1-27-17-8-7-15(9-16(17)20(24,25)26)29(12-19(21,22)23)10-14-11-30-18(28-14)13-5-3-2-4-6-13/h2-9,11H,10,12H2. The number of rotatable bonds is 5. The molecular formula is C20H13F6N3S. The summed E-state index contributed by atoms with van der Waals surface area (Å²) in [6.45, 7) is 5.08. The van der Waals surface area contributed by atoms with E-state index in [-0.39, 0.29) is 12.2 Å². The molecule has 0 aliphatic heterocycles. The van der Waals surface area contributed by atoms with Gasteiger partial charge in [0.15, 0.2) is 5.69 Å². The summed E-state index contributed by atoms with van der Waals surface area (Å²) in [4.78, 5) is 7.90. The zero-order valence-corrected chi connectivity index (χ0v) is 15.9. The lowest BCUT2D eigenvalue weighted by molar-refractivity contribution is -0.136. The molecule has 0 saturated carbocycles. The van der Waals surface area contributed by atoms with Gasteiger partial charge in [0.2, 0.25) is 0 Å². The topological polar surface area (TPSA) is 20.5 Å². The normalized spacial score (nSPS) is 11.9. The van der Waals surface area contributed by atoms with Crippen LogP contribution in [0.5, 0.6) is 0 Å². The molecule has 0 amide bonds. The number of aromatic nitrogens is 1. The highest BCUT2D eigenvalue weighted by Crippen LogP contribution is 2.39. The van der Waals surface area contributed by atoms with Gasteiger partial charge in [-0.15, -0.1) is 11.3 Å². The number of thiazole rings is 1. The number of benzene rings is 2. The molecular weight excluding hydrogens is 428 g/mol. The highest BCUT2D eigenvalue weighted by Gasteiger charge is 2.36. The number of anilines is 1. The summed E-state index contributed by atoms with van der Waals surface area (Å²) in [7, 11) is 0. The van der Waals surface area contributed by atoms with E-state index < -0.39 is 30.1 Å². The molecule has 1 heterocycles. The lowest BCUT2D eigenvalue weighted by atomic mass is 10.1. The van der Waals surface area contributed by atoms with Gasteiger partial charge in [0.05, 0.1) is 24.4 Å². The summed E-state index contributed by atoms with van der Waals surface area (Å²) in [5.41, 5.74) is -1.15. The van der Waals surface area contributed by atoms with Crippen LogP contribution < -0.4 is 4.90 Å². The van der Waals surface area contributed by atoms with Gasteiger partial charge in [0.1, 0.15) is 11.6 Å². The first-order valence-electron chi connectivity index (χ1n) is 8.47. The Hall–Kier alpha value is -3.06. The molecule has 3 rings (SSSR count). The largest absolute Gasteiger partial charge is 0.407 e.